The molecule has 7 heteroatoms. The van der Waals surface area contributed by atoms with E-state index in [0.29, 0.717) is 0 Å². The number of benzene rings is 1. The molecular formula is C13H18N4O2S. The normalized spacial score (nSPS) is 11.6. The average Bonchev–Trinajstić information content (AvgIpc) is 2.77. The number of nitrogens with zero attached hydrogens (tertiary/aromatic N) is 2. The van der Waals surface area contributed by atoms with Crippen LogP contribution in [0.25, 0.3) is 0 Å². The Kier molecular flexibility index (Phi) is 4.10. The summed E-state index contributed by atoms with van der Waals surface area (Å²) in [5.74, 6) is 0. The van der Waals surface area contributed by atoms with Gasteiger partial charge in [0.15, 0.2) is 0 Å². The Morgan fingerprint density at radius 3 is 2.40 bits per heavy atom. The molecule has 20 heavy (non-hydrogen) atoms. The van der Waals surface area contributed by atoms with E-state index in [1.165, 1.54) is 0 Å². The largest absolute Gasteiger partial charge is 0.388 e. The van der Waals surface area contributed by atoms with Crippen LogP contribution in [0.4, 0.5) is 5.69 Å². The molecule has 1 heterocycles. The lowest BCUT2D eigenvalue weighted by Gasteiger charge is -2.07. The summed E-state index contributed by atoms with van der Waals surface area (Å²) >= 11 is 0. The summed E-state index contributed by atoms with van der Waals surface area (Å²) in [5.41, 5.74) is 2.67. The number of hydrogen-bond donors (Lipinski definition) is 2. The van der Waals surface area contributed by atoms with Gasteiger partial charge < -0.3 is 5.32 Å². The smallest absolute Gasteiger partial charge is 0.240 e. The number of aromatic nitrogens is 2. The molecule has 0 spiro atoms. The van der Waals surface area contributed by atoms with Gasteiger partial charge >= 0.3 is 0 Å². The fourth-order valence-electron chi connectivity index (χ4n) is 1.77. The Bertz CT molecular complexity index is 690. The number of nitrogens with one attached hydrogen (secondary N) is 2. The number of anilines is 1. The maximum absolute atomic E-state index is 12.2. The van der Waals surface area contributed by atoms with Crippen molar-refractivity contribution in [3.05, 3.63) is 41.7 Å². The summed E-state index contributed by atoms with van der Waals surface area (Å²) in [6.45, 7) is 2.13. The van der Waals surface area contributed by atoms with Crippen molar-refractivity contribution in [2.75, 3.05) is 12.4 Å². The summed E-state index contributed by atoms with van der Waals surface area (Å²) in [6, 6.07) is 6.60. The van der Waals surface area contributed by atoms with Crippen LogP contribution in [0.5, 0.6) is 0 Å². The zero-order valence-corrected chi connectivity index (χ0v) is 12.5. The van der Waals surface area contributed by atoms with Gasteiger partial charge in [-0.2, -0.15) is 5.10 Å². The molecule has 0 amide bonds. The highest BCUT2D eigenvalue weighted by Crippen LogP contribution is 2.14. The van der Waals surface area contributed by atoms with Gasteiger partial charge in [0.1, 0.15) is 0 Å². The zero-order chi connectivity index (χ0) is 14.8. The van der Waals surface area contributed by atoms with E-state index in [-0.39, 0.29) is 11.4 Å². The Morgan fingerprint density at radius 1 is 1.25 bits per heavy atom. The molecule has 1 aromatic heterocycles. The van der Waals surface area contributed by atoms with E-state index in [2.05, 4.69) is 15.1 Å². The minimum absolute atomic E-state index is 0.232. The van der Waals surface area contributed by atoms with E-state index < -0.39 is 10.0 Å². The number of aryl methyl sites for hydroxylation is 1. The molecule has 2 N–H and O–H groups in total. The van der Waals surface area contributed by atoms with Crippen LogP contribution in [0.2, 0.25) is 0 Å². The van der Waals surface area contributed by atoms with Crippen molar-refractivity contribution in [3.8, 4) is 0 Å². The minimum atomic E-state index is -3.51. The predicted molar refractivity (Wildman–Crippen MR) is 78.0 cm³/mol. The summed E-state index contributed by atoms with van der Waals surface area (Å²) in [7, 11) is 0.102. The Labute approximate surface area is 118 Å². The predicted octanol–water partition coefficient (Wildman–Crippen LogP) is 1.25. The van der Waals surface area contributed by atoms with Crippen LogP contribution >= 0.6 is 0 Å². The van der Waals surface area contributed by atoms with Crippen LogP contribution in [0.15, 0.2) is 35.4 Å². The van der Waals surface area contributed by atoms with Gasteiger partial charge in [-0.05, 0) is 31.2 Å². The fraction of sp³-hybridized carbons (Fsp3) is 0.308. The van der Waals surface area contributed by atoms with Crippen molar-refractivity contribution in [1.29, 1.82) is 0 Å². The molecule has 0 unspecified atom stereocenters. The Balaban J connectivity index is 2.12. The van der Waals surface area contributed by atoms with Crippen molar-refractivity contribution < 1.29 is 8.42 Å². The summed E-state index contributed by atoms with van der Waals surface area (Å²) < 4.78 is 28.6. The number of rotatable bonds is 5. The molecule has 0 saturated heterocycles. The Morgan fingerprint density at radius 2 is 1.90 bits per heavy atom. The molecule has 2 aromatic rings. The van der Waals surface area contributed by atoms with Gasteiger partial charge in [-0.3, -0.25) is 4.68 Å². The molecule has 0 atom stereocenters. The van der Waals surface area contributed by atoms with E-state index in [1.54, 1.807) is 42.2 Å². The SMILES string of the molecule is CNc1ccc(S(=O)(=O)NCc2cnn(C)c2C)cc1. The van der Waals surface area contributed by atoms with E-state index in [0.717, 1.165) is 16.9 Å². The van der Waals surface area contributed by atoms with Crippen LogP contribution in [0.1, 0.15) is 11.3 Å². The maximum Gasteiger partial charge on any atom is 0.240 e. The molecule has 0 aliphatic rings. The van der Waals surface area contributed by atoms with E-state index >= 15 is 0 Å². The van der Waals surface area contributed by atoms with Crippen molar-refractivity contribution in [1.82, 2.24) is 14.5 Å². The third kappa shape index (κ3) is 3.00. The standard InChI is InChI=1S/C13H18N4O2S/c1-10-11(8-15-17(10)3)9-16-20(18,19)13-6-4-12(14-2)5-7-13/h4-8,14,16H,9H2,1-3H3. The fourth-order valence-corrected chi connectivity index (χ4v) is 2.78. The van der Waals surface area contributed by atoms with Gasteiger partial charge in [0, 0.05) is 37.6 Å². The molecule has 0 aliphatic heterocycles. The molecule has 0 fully saturated rings. The van der Waals surface area contributed by atoms with Crippen molar-refractivity contribution >= 4 is 15.7 Å². The van der Waals surface area contributed by atoms with Crippen LogP contribution in [-0.2, 0) is 23.6 Å². The minimum Gasteiger partial charge on any atom is -0.388 e. The van der Waals surface area contributed by atoms with Crippen molar-refractivity contribution in [2.45, 2.75) is 18.4 Å². The highest BCUT2D eigenvalue weighted by atomic mass is 32.2. The Hall–Kier alpha value is -1.86. The molecule has 2 rings (SSSR count). The average molecular weight is 294 g/mol. The number of hydrogen-bond acceptors (Lipinski definition) is 4. The summed E-state index contributed by atoms with van der Waals surface area (Å²) in [4.78, 5) is 0.248. The lowest BCUT2D eigenvalue weighted by atomic mass is 10.3. The van der Waals surface area contributed by atoms with E-state index in [4.69, 9.17) is 0 Å². The summed E-state index contributed by atoms with van der Waals surface area (Å²) in [5, 5.41) is 7.03. The molecule has 0 bridgehead atoms. The van der Waals surface area contributed by atoms with Crippen LogP contribution in [0, 0.1) is 6.92 Å². The highest BCUT2D eigenvalue weighted by Gasteiger charge is 2.14. The zero-order valence-electron chi connectivity index (χ0n) is 11.7. The molecular weight excluding hydrogens is 276 g/mol. The first kappa shape index (κ1) is 14.5. The van der Waals surface area contributed by atoms with E-state index in [9.17, 15) is 8.42 Å². The van der Waals surface area contributed by atoms with Gasteiger partial charge in [-0.25, -0.2) is 13.1 Å². The van der Waals surface area contributed by atoms with Crippen LogP contribution in [0.3, 0.4) is 0 Å². The maximum atomic E-state index is 12.2. The van der Waals surface area contributed by atoms with Gasteiger partial charge in [0.25, 0.3) is 0 Å². The van der Waals surface area contributed by atoms with Crippen LogP contribution in [-0.4, -0.2) is 25.2 Å². The second-order valence-electron chi connectivity index (χ2n) is 4.48. The summed E-state index contributed by atoms with van der Waals surface area (Å²) in [6.07, 6.45) is 1.67. The monoisotopic (exact) mass is 294 g/mol. The highest BCUT2D eigenvalue weighted by molar-refractivity contribution is 7.89. The van der Waals surface area contributed by atoms with Crippen LogP contribution < -0.4 is 10.0 Å². The first-order chi connectivity index (χ1) is 9.44. The van der Waals surface area contributed by atoms with E-state index in [1.807, 2.05) is 14.0 Å². The quantitative estimate of drug-likeness (QED) is 0.870. The second-order valence-corrected chi connectivity index (χ2v) is 6.24. The van der Waals surface area contributed by atoms with Gasteiger partial charge in [0.05, 0.1) is 11.1 Å². The molecule has 0 radical (unpaired) electrons. The second kappa shape index (κ2) is 5.64. The van der Waals surface area contributed by atoms with Crippen molar-refractivity contribution in [2.24, 2.45) is 7.05 Å². The van der Waals surface area contributed by atoms with Gasteiger partial charge in [0.2, 0.25) is 10.0 Å². The molecule has 0 aliphatic carbocycles. The lowest BCUT2D eigenvalue weighted by Crippen LogP contribution is -2.23. The van der Waals surface area contributed by atoms with Gasteiger partial charge in [-0.1, -0.05) is 0 Å². The molecule has 108 valence electrons. The molecule has 6 nitrogen and oxygen atoms in total. The van der Waals surface area contributed by atoms with Gasteiger partial charge in [-0.15, -0.1) is 0 Å². The first-order valence-electron chi connectivity index (χ1n) is 6.19. The van der Waals surface area contributed by atoms with Crippen molar-refractivity contribution in [3.63, 3.8) is 0 Å². The third-order valence-electron chi connectivity index (χ3n) is 3.24. The number of sulfonamides is 1. The third-order valence-corrected chi connectivity index (χ3v) is 4.66. The molecule has 1 aromatic carbocycles. The molecule has 0 saturated carbocycles. The lowest BCUT2D eigenvalue weighted by molar-refractivity contribution is 0.581. The first-order valence-corrected chi connectivity index (χ1v) is 7.67. The topological polar surface area (TPSA) is 76.0 Å².